The molecular formula is C32H48N2O11. The molecule has 0 heterocycles. The van der Waals surface area contributed by atoms with Gasteiger partial charge in [0.25, 0.3) is 0 Å². The Labute approximate surface area is 265 Å². The predicted molar refractivity (Wildman–Crippen MR) is 164 cm³/mol. The fourth-order valence-corrected chi connectivity index (χ4v) is 5.37. The van der Waals surface area contributed by atoms with E-state index in [0.717, 1.165) is 30.7 Å². The van der Waals surface area contributed by atoms with Crippen LogP contribution in [-0.4, -0.2) is 88.3 Å². The highest BCUT2D eigenvalue weighted by Crippen LogP contribution is 2.43. The number of hydrogen-bond donors (Lipinski definition) is 2. The first kappa shape index (κ1) is 39.1. The summed E-state index contributed by atoms with van der Waals surface area (Å²) in [6.07, 6.45) is 5.42. The molecule has 2 atom stereocenters. The van der Waals surface area contributed by atoms with Crippen LogP contribution in [0.2, 0.25) is 0 Å². The van der Waals surface area contributed by atoms with Crippen LogP contribution in [0.25, 0.3) is 0 Å². The van der Waals surface area contributed by atoms with Crippen LogP contribution >= 0.6 is 0 Å². The minimum absolute atomic E-state index is 0.0593. The van der Waals surface area contributed by atoms with Crippen molar-refractivity contribution < 1.29 is 52.4 Å². The first-order chi connectivity index (χ1) is 21.1. The minimum atomic E-state index is -1.39. The van der Waals surface area contributed by atoms with Crippen LogP contribution in [-0.2, 0) is 47.6 Å². The second-order valence-corrected chi connectivity index (χ2v) is 12.3. The number of nitrogens with one attached hydrogen (secondary N) is 1. The summed E-state index contributed by atoms with van der Waals surface area (Å²) in [5.41, 5.74) is 3.93. The Hall–Kier alpha value is -3.97. The molecule has 0 spiro atoms. The molecule has 1 aliphatic carbocycles. The zero-order valence-corrected chi connectivity index (χ0v) is 26.6. The average molecular weight is 637 g/mol. The molecule has 0 bridgehead atoms. The molecule has 1 saturated carbocycles. The predicted octanol–water partition coefficient (Wildman–Crippen LogP) is 2.79. The number of carbonyl (C=O) groups is 5. The van der Waals surface area contributed by atoms with Gasteiger partial charge in [-0.2, -0.15) is 0 Å². The lowest BCUT2D eigenvalue weighted by Gasteiger charge is -2.46. The molecule has 2 unspecified atom stereocenters. The average Bonchev–Trinajstić information content (AvgIpc) is 3.00. The van der Waals surface area contributed by atoms with E-state index in [1.54, 1.807) is 0 Å². The van der Waals surface area contributed by atoms with Crippen LogP contribution in [0.1, 0.15) is 40.0 Å². The summed E-state index contributed by atoms with van der Waals surface area (Å²) in [6, 6.07) is 0. The van der Waals surface area contributed by atoms with E-state index >= 15 is 0 Å². The van der Waals surface area contributed by atoms with Gasteiger partial charge in [0, 0.05) is 29.8 Å². The maximum atomic E-state index is 13.1. The van der Waals surface area contributed by atoms with Crippen LogP contribution in [0, 0.1) is 22.7 Å². The van der Waals surface area contributed by atoms with Gasteiger partial charge < -0.3 is 39.5 Å². The molecule has 0 aromatic rings. The number of amides is 1. The molecule has 13 nitrogen and oxygen atoms in total. The highest BCUT2D eigenvalue weighted by atomic mass is 16.6. The van der Waals surface area contributed by atoms with Crippen LogP contribution in [0.4, 0.5) is 4.79 Å². The number of rotatable bonds is 20. The molecule has 0 aliphatic heterocycles. The van der Waals surface area contributed by atoms with E-state index < -0.39 is 66.7 Å². The summed E-state index contributed by atoms with van der Waals surface area (Å²) in [5.74, 6) is -3.33. The second-order valence-electron chi connectivity index (χ2n) is 12.3. The van der Waals surface area contributed by atoms with E-state index in [0.29, 0.717) is 19.4 Å². The van der Waals surface area contributed by atoms with Crippen molar-refractivity contribution in [1.29, 1.82) is 0 Å². The normalized spacial score (nSPS) is 18.9. The van der Waals surface area contributed by atoms with Gasteiger partial charge in [0.1, 0.15) is 19.8 Å². The SMILES string of the molecule is C=CC(=O)OCC(COCC(COC(=O)C=C)(COC(=O)C=C)COC(=O)NC1(C)CC(CN)CC(C)(C)C1)COC(=O)C=C. The molecule has 1 rings (SSSR count). The van der Waals surface area contributed by atoms with Gasteiger partial charge in [-0.3, -0.25) is 0 Å². The highest BCUT2D eigenvalue weighted by molar-refractivity contribution is 5.82. The van der Waals surface area contributed by atoms with Crippen LogP contribution in [0.5, 0.6) is 0 Å². The van der Waals surface area contributed by atoms with Crippen molar-refractivity contribution >= 4 is 30.0 Å². The molecule has 252 valence electrons. The Bertz CT molecular complexity index is 1040. The monoisotopic (exact) mass is 636 g/mol. The van der Waals surface area contributed by atoms with Crippen LogP contribution < -0.4 is 11.1 Å². The number of hydrogen-bond acceptors (Lipinski definition) is 12. The van der Waals surface area contributed by atoms with Gasteiger partial charge in [-0.15, -0.1) is 0 Å². The van der Waals surface area contributed by atoms with E-state index in [1.807, 2.05) is 6.92 Å². The van der Waals surface area contributed by atoms with Gasteiger partial charge in [-0.1, -0.05) is 40.2 Å². The summed E-state index contributed by atoms with van der Waals surface area (Å²) in [5, 5.41) is 2.96. The maximum absolute atomic E-state index is 13.1. The van der Waals surface area contributed by atoms with E-state index in [4.69, 9.17) is 34.2 Å². The third-order valence-corrected chi connectivity index (χ3v) is 7.09. The Morgan fingerprint density at radius 1 is 0.756 bits per heavy atom. The number of nitrogens with two attached hydrogens (primary N) is 1. The van der Waals surface area contributed by atoms with Crippen molar-refractivity contribution in [1.82, 2.24) is 5.32 Å². The van der Waals surface area contributed by atoms with Gasteiger partial charge >= 0.3 is 30.0 Å². The Morgan fingerprint density at radius 2 is 1.22 bits per heavy atom. The maximum Gasteiger partial charge on any atom is 0.407 e. The minimum Gasteiger partial charge on any atom is -0.462 e. The van der Waals surface area contributed by atoms with Crippen molar-refractivity contribution in [2.75, 3.05) is 52.8 Å². The van der Waals surface area contributed by atoms with Crippen molar-refractivity contribution in [2.45, 2.75) is 45.6 Å². The number of esters is 4. The zero-order chi connectivity index (χ0) is 34.1. The molecule has 45 heavy (non-hydrogen) atoms. The molecule has 0 aromatic carbocycles. The molecule has 1 amide bonds. The number of carbonyl (C=O) groups excluding carboxylic acids is 5. The van der Waals surface area contributed by atoms with E-state index in [2.05, 4.69) is 45.5 Å². The third-order valence-electron chi connectivity index (χ3n) is 7.09. The summed E-state index contributed by atoms with van der Waals surface area (Å²) < 4.78 is 32.2. The Morgan fingerprint density at radius 3 is 1.69 bits per heavy atom. The lowest BCUT2D eigenvalue weighted by molar-refractivity contribution is -0.156. The van der Waals surface area contributed by atoms with Crippen molar-refractivity contribution in [2.24, 2.45) is 28.4 Å². The van der Waals surface area contributed by atoms with Crippen LogP contribution in [0.15, 0.2) is 50.6 Å². The molecule has 1 fully saturated rings. The van der Waals surface area contributed by atoms with E-state index in [9.17, 15) is 24.0 Å². The second kappa shape index (κ2) is 18.7. The van der Waals surface area contributed by atoms with Gasteiger partial charge in [0.05, 0.1) is 37.8 Å². The summed E-state index contributed by atoms with van der Waals surface area (Å²) in [6.45, 7) is 18.2. The fourth-order valence-electron chi connectivity index (χ4n) is 5.37. The van der Waals surface area contributed by atoms with Gasteiger partial charge in [-0.05, 0) is 44.1 Å². The zero-order valence-electron chi connectivity index (χ0n) is 26.6. The van der Waals surface area contributed by atoms with Crippen molar-refractivity contribution in [3.8, 4) is 0 Å². The standard InChI is InChI=1S/C32H48N2O11/c1-8-25(35)41-16-24(17-42-26(36)9-2)15-40-19-32(20-43-27(37)10-3,21-44-28(38)11-4)22-45-29(39)34-31(7)13-23(14-33)12-30(5,6)18-31/h8-11,23-24H,1-4,12-22,33H2,5-7H3,(H,34,39). The molecular weight excluding hydrogens is 588 g/mol. The molecule has 3 N–H and O–H groups in total. The third kappa shape index (κ3) is 15.0. The smallest absolute Gasteiger partial charge is 0.407 e. The van der Waals surface area contributed by atoms with Crippen molar-refractivity contribution in [3.63, 3.8) is 0 Å². The first-order valence-corrected chi connectivity index (χ1v) is 14.5. The summed E-state index contributed by atoms with van der Waals surface area (Å²) in [4.78, 5) is 60.3. The molecule has 1 aliphatic rings. The number of ether oxygens (including phenoxy) is 6. The summed E-state index contributed by atoms with van der Waals surface area (Å²) in [7, 11) is 0. The fraction of sp³-hybridized carbons (Fsp3) is 0.594. The highest BCUT2D eigenvalue weighted by Gasteiger charge is 2.43. The molecule has 0 saturated heterocycles. The van der Waals surface area contributed by atoms with E-state index in [1.165, 1.54) is 0 Å². The molecule has 0 aromatic heterocycles. The van der Waals surface area contributed by atoms with Crippen LogP contribution in [0.3, 0.4) is 0 Å². The summed E-state index contributed by atoms with van der Waals surface area (Å²) >= 11 is 0. The lowest BCUT2D eigenvalue weighted by atomic mass is 9.64. The first-order valence-electron chi connectivity index (χ1n) is 14.5. The largest absolute Gasteiger partial charge is 0.462 e. The Balaban J connectivity index is 3.16. The number of alkyl carbamates (subject to hydrolysis) is 1. The van der Waals surface area contributed by atoms with Gasteiger partial charge in [-0.25, -0.2) is 24.0 Å². The van der Waals surface area contributed by atoms with Crippen molar-refractivity contribution in [3.05, 3.63) is 50.6 Å². The molecule has 13 heteroatoms. The van der Waals surface area contributed by atoms with Gasteiger partial charge in [0.15, 0.2) is 0 Å². The van der Waals surface area contributed by atoms with E-state index in [-0.39, 0.29) is 37.8 Å². The quantitative estimate of drug-likeness (QED) is 0.114. The topological polar surface area (TPSA) is 179 Å². The Kier molecular flexibility index (Phi) is 16.3. The van der Waals surface area contributed by atoms with Gasteiger partial charge in [0.2, 0.25) is 0 Å². The molecule has 0 radical (unpaired) electrons. The lowest BCUT2D eigenvalue weighted by Crippen LogP contribution is -2.54.